The van der Waals surface area contributed by atoms with E-state index in [-0.39, 0.29) is 0 Å². The average molecular weight is 247 g/mol. The van der Waals surface area contributed by atoms with Gasteiger partial charge in [-0.1, -0.05) is 6.07 Å². The molecule has 7 heteroatoms. The van der Waals surface area contributed by atoms with Crippen LogP contribution in [0.15, 0.2) is 24.4 Å². The molecule has 2 rings (SSSR count). The van der Waals surface area contributed by atoms with Crippen LogP contribution in [-0.4, -0.2) is 36.3 Å². The molecule has 1 N–H and O–H groups in total. The number of hydrogen-bond acceptors (Lipinski definition) is 5. The van der Waals surface area contributed by atoms with E-state index in [0.29, 0.717) is 12.2 Å². The molecule has 0 bridgehead atoms. The summed E-state index contributed by atoms with van der Waals surface area (Å²) < 4.78 is 1.31. The van der Waals surface area contributed by atoms with E-state index in [2.05, 4.69) is 20.5 Å². The van der Waals surface area contributed by atoms with Crippen LogP contribution < -0.4 is 0 Å². The summed E-state index contributed by atoms with van der Waals surface area (Å²) >= 11 is 0. The molecule has 0 aliphatic carbocycles. The van der Waals surface area contributed by atoms with Crippen molar-refractivity contribution in [3.05, 3.63) is 35.9 Å². The molecule has 0 aliphatic heterocycles. The van der Waals surface area contributed by atoms with Gasteiger partial charge in [0.15, 0.2) is 11.4 Å². The zero-order valence-corrected chi connectivity index (χ0v) is 10.1. The number of carbonyl (C=O) groups is 1. The highest BCUT2D eigenvalue weighted by Gasteiger charge is 2.33. The Morgan fingerprint density at radius 2 is 2.22 bits per heavy atom. The lowest BCUT2D eigenvalue weighted by atomic mass is 10.1. The summed E-state index contributed by atoms with van der Waals surface area (Å²) in [4.78, 5) is 15.4. The van der Waals surface area contributed by atoms with E-state index < -0.39 is 11.5 Å². The lowest BCUT2D eigenvalue weighted by Gasteiger charge is -2.20. The normalized spacial score (nSPS) is 11.4. The van der Waals surface area contributed by atoms with Crippen molar-refractivity contribution in [2.45, 2.75) is 25.8 Å². The van der Waals surface area contributed by atoms with Crippen LogP contribution in [0.1, 0.15) is 25.4 Å². The van der Waals surface area contributed by atoms with E-state index in [4.69, 9.17) is 0 Å². The number of aromatic nitrogens is 5. The lowest BCUT2D eigenvalue weighted by Crippen LogP contribution is -2.38. The van der Waals surface area contributed by atoms with E-state index in [1.54, 1.807) is 20.0 Å². The maximum Gasteiger partial charge on any atom is 0.331 e. The molecule has 0 amide bonds. The molecule has 7 nitrogen and oxygen atoms in total. The predicted octanol–water partition coefficient (Wildman–Crippen LogP) is 0.479. The fourth-order valence-electron chi connectivity index (χ4n) is 1.51. The first-order valence-electron chi connectivity index (χ1n) is 5.43. The van der Waals surface area contributed by atoms with Crippen molar-refractivity contribution in [3.63, 3.8) is 0 Å². The maximum absolute atomic E-state index is 11.2. The monoisotopic (exact) mass is 247 g/mol. The highest BCUT2D eigenvalue weighted by atomic mass is 16.4. The predicted molar refractivity (Wildman–Crippen MR) is 61.8 cm³/mol. The molecule has 0 saturated carbocycles. The van der Waals surface area contributed by atoms with Gasteiger partial charge < -0.3 is 5.11 Å². The molecule has 2 heterocycles. The Morgan fingerprint density at radius 1 is 1.44 bits per heavy atom. The zero-order valence-electron chi connectivity index (χ0n) is 10.1. The molecule has 0 fully saturated rings. The molecule has 2 aromatic rings. The molecular weight excluding hydrogens is 234 g/mol. The van der Waals surface area contributed by atoms with Crippen molar-refractivity contribution in [1.82, 2.24) is 25.2 Å². The molecule has 0 spiro atoms. The third-order valence-corrected chi connectivity index (χ3v) is 2.65. The quantitative estimate of drug-likeness (QED) is 0.844. The molecule has 0 unspecified atom stereocenters. The Kier molecular flexibility index (Phi) is 3.05. The molecule has 0 aromatic carbocycles. The van der Waals surface area contributed by atoms with Crippen molar-refractivity contribution in [2.75, 3.05) is 0 Å². The first kappa shape index (κ1) is 12.2. The van der Waals surface area contributed by atoms with Crippen molar-refractivity contribution in [2.24, 2.45) is 0 Å². The van der Waals surface area contributed by atoms with Crippen molar-refractivity contribution >= 4 is 5.97 Å². The summed E-state index contributed by atoms with van der Waals surface area (Å²) in [5.74, 6) is -0.516. The maximum atomic E-state index is 11.2. The minimum absolute atomic E-state index is 0.393. The first-order chi connectivity index (χ1) is 8.51. The van der Waals surface area contributed by atoms with Gasteiger partial charge in [-0.25, -0.2) is 9.48 Å². The standard InChI is InChI=1S/C11H13N5O2/c1-11(2,10(17)18)16-9(13-14-15-16)7-8-5-3-4-6-12-8/h3-6H,7H2,1-2H3,(H,17,18). The fraction of sp³-hybridized carbons (Fsp3) is 0.364. The summed E-state index contributed by atoms with van der Waals surface area (Å²) in [5.41, 5.74) is -0.400. The lowest BCUT2D eigenvalue weighted by molar-refractivity contribution is -0.146. The van der Waals surface area contributed by atoms with Crippen LogP contribution >= 0.6 is 0 Å². The summed E-state index contributed by atoms with van der Waals surface area (Å²) in [6.07, 6.45) is 2.07. The van der Waals surface area contributed by atoms with Crippen LogP contribution in [0.2, 0.25) is 0 Å². The largest absolute Gasteiger partial charge is 0.479 e. The third-order valence-electron chi connectivity index (χ3n) is 2.65. The number of carboxylic acids is 1. The summed E-state index contributed by atoms with van der Waals surface area (Å²) in [7, 11) is 0. The van der Waals surface area contributed by atoms with E-state index in [1.165, 1.54) is 4.68 Å². The van der Waals surface area contributed by atoms with Gasteiger partial charge in [-0.2, -0.15) is 0 Å². The van der Waals surface area contributed by atoms with Gasteiger partial charge in [0.1, 0.15) is 0 Å². The second-order valence-corrected chi connectivity index (χ2v) is 4.37. The second kappa shape index (κ2) is 4.52. The van der Waals surface area contributed by atoms with Crippen LogP contribution in [0.4, 0.5) is 0 Å². The zero-order chi connectivity index (χ0) is 13.2. The van der Waals surface area contributed by atoms with Crippen molar-refractivity contribution in [3.8, 4) is 0 Å². The first-order valence-corrected chi connectivity index (χ1v) is 5.43. The molecular formula is C11H13N5O2. The second-order valence-electron chi connectivity index (χ2n) is 4.37. The number of aliphatic carboxylic acids is 1. The molecule has 0 atom stereocenters. The van der Waals surface area contributed by atoms with Crippen LogP contribution in [0.3, 0.4) is 0 Å². The highest BCUT2D eigenvalue weighted by molar-refractivity contribution is 5.75. The van der Waals surface area contributed by atoms with Crippen molar-refractivity contribution < 1.29 is 9.90 Å². The number of nitrogens with zero attached hydrogens (tertiary/aromatic N) is 5. The Labute approximate surface area is 103 Å². The van der Waals surface area contributed by atoms with E-state index in [9.17, 15) is 9.90 Å². The van der Waals surface area contributed by atoms with Crippen LogP contribution in [0.5, 0.6) is 0 Å². The van der Waals surface area contributed by atoms with Gasteiger partial charge in [0.2, 0.25) is 0 Å². The number of carboxylic acid groups (broad SMARTS) is 1. The third kappa shape index (κ3) is 2.20. The Bertz CT molecular complexity index is 550. The Morgan fingerprint density at radius 3 is 2.83 bits per heavy atom. The van der Waals surface area contributed by atoms with Gasteiger partial charge >= 0.3 is 5.97 Å². The Balaban J connectivity index is 2.32. The molecule has 2 aromatic heterocycles. The molecule has 94 valence electrons. The van der Waals surface area contributed by atoms with E-state index >= 15 is 0 Å². The fourth-order valence-corrected chi connectivity index (χ4v) is 1.51. The SMILES string of the molecule is CC(C)(C(=O)O)n1nnnc1Cc1ccccn1. The summed E-state index contributed by atoms with van der Waals surface area (Å²) in [5, 5.41) is 20.3. The van der Waals surface area contributed by atoms with Crippen molar-refractivity contribution in [1.29, 1.82) is 0 Å². The van der Waals surface area contributed by atoms with Gasteiger partial charge in [0.25, 0.3) is 0 Å². The van der Waals surface area contributed by atoms with Crippen LogP contribution in [-0.2, 0) is 16.8 Å². The molecule has 0 aliphatic rings. The van der Waals surface area contributed by atoms with Crippen LogP contribution in [0.25, 0.3) is 0 Å². The van der Waals surface area contributed by atoms with E-state index in [0.717, 1.165) is 5.69 Å². The van der Waals surface area contributed by atoms with Gasteiger partial charge in [0, 0.05) is 11.9 Å². The van der Waals surface area contributed by atoms with Crippen LogP contribution in [0, 0.1) is 0 Å². The van der Waals surface area contributed by atoms with Gasteiger partial charge in [0.05, 0.1) is 6.42 Å². The minimum Gasteiger partial charge on any atom is -0.479 e. The topological polar surface area (TPSA) is 93.8 Å². The van der Waals surface area contributed by atoms with Gasteiger partial charge in [-0.05, 0) is 36.4 Å². The number of tetrazole rings is 1. The molecule has 0 saturated heterocycles. The smallest absolute Gasteiger partial charge is 0.331 e. The van der Waals surface area contributed by atoms with Gasteiger partial charge in [-0.15, -0.1) is 5.10 Å². The molecule has 0 radical (unpaired) electrons. The summed E-state index contributed by atoms with van der Waals surface area (Å²) in [6, 6.07) is 5.51. The Hall–Kier alpha value is -2.31. The molecule has 18 heavy (non-hydrogen) atoms. The number of hydrogen-bond donors (Lipinski definition) is 1. The van der Waals surface area contributed by atoms with E-state index in [1.807, 2.05) is 18.2 Å². The average Bonchev–Trinajstić information content (AvgIpc) is 2.79. The minimum atomic E-state index is -1.19. The number of pyridine rings is 1. The number of rotatable bonds is 4. The van der Waals surface area contributed by atoms with Gasteiger partial charge in [-0.3, -0.25) is 4.98 Å². The highest BCUT2D eigenvalue weighted by Crippen LogP contribution is 2.16. The summed E-state index contributed by atoms with van der Waals surface area (Å²) in [6.45, 7) is 3.10.